The largest absolute Gasteiger partial charge is 0.385 e. The van der Waals surface area contributed by atoms with Crippen LogP contribution in [0.2, 0.25) is 0 Å². The minimum atomic E-state index is -0.104. The van der Waals surface area contributed by atoms with Crippen LogP contribution in [0.15, 0.2) is 0 Å². The Labute approximate surface area is 112 Å². The first-order valence-electron chi connectivity index (χ1n) is 5.86. The van der Waals surface area contributed by atoms with Gasteiger partial charge in [-0.15, -0.1) is 0 Å². The summed E-state index contributed by atoms with van der Waals surface area (Å²) in [4.78, 5) is 16.6. The fraction of sp³-hybridized carbons (Fsp3) is 0.667. The fourth-order valence-corrected chi connectivity index (χ4v) is 2.24. The maximum Gasteiger partial charge on any atom is 0.263 e. The van der Waals surface area contributed by atoms with E-state index >= 15 is 0 Å². The summed E-state index contributed by atoms with van der Waals surface area (Å²) in [6.07, 6.45) is 0.896. The van der Waals surface area contributed by atoms with Gasteiger partial charge in [-0.25, -0.2) is 4.98 Å². The van der Waals surface area contributed by atoms with Crippen molar-refractivity contribution in [2.24, 2.45) is 5.41 Å². The van der Waals surface area contributed by atoms with Gasteiger partial charge in [-0.1, -0.05) is 25.2 Å². The van der Waals surface area contributed by atoms with Crippen LogP contribution >= 0.6 is 11.3 Å². The first-order chi connectivity index (χ1) is 8.35. The van der Waals surface area contributed by atoms with Gasteiger partial charge in [0.05, 0.1) is 5.69 Å². The molecule has 1 rings (SSSR count). The molecule has 0 saturated heterocycles. The van der Waals surface area contributed by atoms with E-state index in [1.54, 1.807) is 14.0 Å². The molecule has 3 N–H and O–H groups in total. The van der Waals surface area contributed by atoms with Crippen molar-refractivity contribution in [1.82, 2.24) is 10.3 Å². The predicted octanol–water partition coefficient (Wildman–Crippen LogP) is 1.83. The maximum absolute atomic E-state index is 12.0. The quantitative estimate of drug-likeness (QED) is 0.827. The van der Waals surface area contributed by atoms with Crippen molar-refractivity contribution in [1.29, 1.82) is 0 Å². The molecule has 0 bridgehead atoms. The molecule has 1 aromatic rings. The zero-order valence-electron chi connectivity index (χ0n) is 11.4. The molecule has 0 aliphatic heterocycles. The second-order valence-corrected chi connectivity index (χ2v) is 6.09. The van der Waals surface area contributed by atoms with E-state index in [0.717, 1.165) is 6.42 Å². The summed E-state index contributed by atoms with van der Waals surface area (Å²) in [5.41, 5.74) is 6.27. The number of aromatic nitrogens is 1. The highest BCUT2D eigenvalue weighted by atomic mass is 32.1. The highest BCUT2D eigenvalue weighted by Crippen LogP contribution is 2.21. The molecule has 0 unspecified atom stereocenters. The van der Waals surface area contributed by atoms with Gasteiger partial charge in [-0.05, 0) is 18.8 Å². The molecular formula is C12H21N3O2S. The van der Waals surface area contributed by atoms with Crippen LogP contribution in [0.25, 0.3) is 0 Å². The number of nitrogens with one attached hydrogen (secondary N) is 1. The molecular weight excluding hydrogens is 250 g/mol. The number of thiazole rings is 1. The van der Waals surface area contributed by atoms with Crippen molar-refractivity contribution in [2.45, 2.75) is 27.2 Å². The second-order valence-electron chi connectivity index (χ2n) is 5.06. The molecule has 1 amide bonds. The number of ether oxygens (including phenoxy) is 1. The van der Waals surface area contributed by atoms with Crippen LogP contribution in [0, 0.1) is 12.3 Å². The number of aryl methyl sites for hydroxylation is 1. The van der Waals surface area contributed by atoms with Crippen LogP contribution < -0.4 is 11.1 Å². The van der Waals surface area contributed by atoms with Gasteiger partial charge in [-0.2, -0.15) is 0 Å². The van der Waals surface area contributed by atoms with E-state index in [1.807, 2.05) is 0 Å². The van der Waals surface area contributed by atoms with Gasteiger partial charge >= 0.3 is 0 Å². The number of hydrogen-bond donors (Lipinski definition) is 2. The number of methoxy groups -OCH3 is 1. The van der Waals surface area contributed by atoms with Gasteiger partial charge in [0.1, 0.15) is 4.88 Å². The molecule has 5 nitrogen and oxygen atoms in total. The Morgan fingerprint density at radius 3 is 2.72 bits per heavy atom. The molecule has 0 saturated carbocycles. The van der Waals surface area contributed by atoms with Crippen molar-refractivity contribution in [3.63, 3.8) is 0 Å². The van der Waals surface area contributed by atoms with Gasteiger partial charge < -0.3 is 15.8 Å². The molecule has 102 valence electrons. The molecule has 0 fully saturated rings. The smallest absolute Gasteiger partial charge is 0.263 e. The lowest BCUT2D eigenvalue weighted by molar-refractivity contribution is 0.0924. The highest BCUT2D eigenvalue weighted by Gasteiger charge is 2.20. The van der Waals surface area contributed by atoms with Gasteiger partial charge in [0.2, 0.25) is 0 Å². The lowest BCUT2D eigenvalue weighted by Gasteiger charge is -2.24. The van der Waals surface area contributed by atoms with Crippen LogP contribution in [0.4, 0.5) is 5.13 Å². The van der Waals surface area contributed by atoms with E-state index in [9.17, 15) is 4.79 Å². The Balaban J connectivity index is 2.53. The molecule has 0 atom stereocenters. The van der Waals surface area contributed by atoms with E-state index in [2.05, 4.69) is 24.1 Å². The van der Waals surface area contributed by atoms with Crippen LogP contribution in [0.3, 0.4) is 0 Å². The van der Waals surface area contributed by atoms with E-state index in [0.29, 0.717) is 28.9 Å². The summed E-state index contributed by atoms with van der Waals surface area (Å²) >= 11 is 1.22. The first-order valence-corrected chi connectivity index (χ1v) is 6.67. The number of anilines is 1. The Morgan fingerprint density at radius 1 is 1.56 bits per heavy atom. The lowest BCUT2D eigenvalue weighted by Crippen LogP contribution is -2.34. The Kier molecular flexibility index (Phi) is 5.10. The van der Waals surface area contributed by atoms with Crippen LogP contribution in [0.5, 0.6) is 0 Å². The van der Waals surface area contributed by atoms with Crippen molar-refractivity contribution in [3.05, 3.63) is 10.6 Å². The molecule has 0 spiro atoms. The zero-order chi connectivity index (χ0) is 13.8. The molecule has 1 aromatic heterocycles. The van der Waals surface area contributed by atoms with Crippen molar-refractivity contribution in [2.75, 3.05) is 26.0 Å². The van der Waals surface area contributed by atoms with E-state index in [-0.39, 0.29) is 11.3 Å². The molecule has 0 aliphatic carbocycles. The minimum absolute atomic E-state index is 0.00973. The predicted molar refractivity (Wildman–Crippen MR) is 73.9 cm³/mol. The van der Waals surface area contributed by atoms with Crippen LogP contribution in [-0.2, 0) is 4.74 Å². The molecule has 18 heavy (non-hydrogen) atoms. The third kappa shape index (κ3) is 4.27. The highest BCUT2D eigenvalue weighted by molar-refractivity contribution is 7.17. The molecule has 0 aliphatic rings. The van der Waals surface area contributed by atoms with Crippen molar-refractivity contribution >= 4 is 22.4 Å². The third-order valence-electron chi connectivity index (χ3n) is 2.73. The zero-order valence-corrected chi connectivity index (χ0v) is 12.2. The van der Waals surface area contributed by atoms with Crippen LogP contribution in [0.1, 0.15) is 35.6 Å². The summed E-state index contributed by atoms with van der Waals surface area (Å²) in [5, 5.41) is 3.35. The Morgan fingerprint density at radius 2 is 2.22 bits per heavy atom. The average Bonchev–Trinajstić information content (AvgIpc) is 2.63. The summed E-state index contributed by atoms with van der Waals surface area (Å²) < 4.78 is 5.05. The van der Waals surface area contributed by atoms with Crippen LogP contribution in [-0.4, -0.2) is 31.2 Å². The lowest BCUT2D eigenvalue weighted by atomic mass is 9.90. The summed E-state index contributed by atoms with van der Waals surface area (Å²) in [6.45, 7) is 7.28. The van der Waals surface area contributed by atoms with E-state index < -0.39 is 0 Å². The maximum atomic E-state index is 12.0. The number of nitrogens with two attached hydrogens (primary N) is 1. The summed E-state index contributed by atoms with van der Waals surface area (Å²) in [6, 6.07) is 0. The number of carbonyl (C=O) groups is 1. The molecule has 1 heterocycles. The molecule has 0 radical (unpaired) electrons. The normalized spacial score (nSPS) is 11.6. The van der Waals surface area contributed by atoms with Gasteiger partial charge in [-0.3, -0.25) is 4.79 Å². The standard InChI is InChI=1S/C12H21N3O2S/c1-8-9(18-11(13)15-8)10(16)14-7-12(2,3)5-6-17-4/h5-7H2,1-4H3,(H2,13,15)(H,14,16). The van der Waals surface area contributed by atoms with Gasteiger partial charge in [0.25, 0.3) is 5.91 Å². The number of nitrogen functional groups attached to an aromatic ring is 1. The second kappa shape index (κ2) is 6.15. The Bertz CT molecular complexity index is 415. The van der Waals surface area contributed by atoms with Crippen molar-refractivity contribution < 1.29 is 9.53 Å². The Hall–Kier alpha value is -1.14. The number of rotatable bonds is 6. The minimum Gasteiger partial charge on any atom is -0.385 e. The van der Waals surface area contributed by atoms with E-state index in [4.69, 9.17) is 10.5 Å². The summed E-state index contributed by atoms with van der Waals surface area (Å²) in [7, 11) is 1.68. The molecule has 0 aromatic carbocycles. The monoisotopic (exact) mass is 271 g/mol. The molecule has 6 heteroatoms. The number of hydrogen-bond acceptors (Lipinski definition) is 5. The number of amides is 1. The van der Waals surface area contributed by atoms with Crippen molar-refractivity contribution in [3.8, 4) is 0 Å². The topological polar surface area (TPSA) is 77.2 Å². The SMILES string of the molecule is COCCC(C)(C)CNC(=O)c1sc(N)nc1C. The average molecular weight is 271 g/mol. The van der Waals surface area contributed by atoms with Gasteiger partial charge in [0.15, 0.2) is 5.13 Å². The number of carbonyl (C=O) groups excluding carboxylic acids is 1. The van der Waals surface area contributed by atoms with Gasteiger partial charge in [0, 0.05) is 20.3 Å². The fourth-order valence-electron chi connectivity index (χ4n) is 1.49. The van der Waals surface area contributed by atoms with E-state index in [1.165, 1.54) is 11.3 Å². The third-order valence-corrected chi connectivity index (χ3v) is 3.72. The first kappa shape index (κ1) is 14.9. The number of nitrogens with zero attached hydrogens (tertiary/aromatic N) is 1. The summed E-state index contributed by atoms with van der Waals surface area (Å²) in [5.74, 6) is -0.104.